The molecule has 162 valence electrons. The number of nitrogens with zero attached hydrogens (tertiary/aromatic N) is 2. The molecule has 0 aliphatic heterocycles. The molecule has 1 atom stereocenters. The fourth-order valence-corrected chi connectivity index (χ4v) is 4.07. The first kappa shape index (κ1) is 21.7. The number of carbonyl (C=O) groups is 1. The highest BCUT2D eigenvalue weighted by Crippen LogP contribution is 2.24. The molecule has 4 rings (SSSR count). The Balaban J connectivity index is 1.51. The zero-order chi connectivity index (χ0) is 22.2. The van der Waals surface area contributed by atoms with E-state index in [-0.39, 0.29) is 6.04 Å². The molecule has 6 nitrogen and oxygen atoms in total. The van der Waals surface area contributed by atoms with E-state index in [0.717, 1.165) is 28.9 Å². The van der Waals surface area contributed by atoms with Gasteiger partial charge in [0, 0.05) is 48.2 Å². The molecule has 0 spiro atoms. The molecule has 32 heavy (non-hydrogen) atoms. The number of primary amides is 1. The summed E-state index contributed by atoms with van der Waals surface area (Å²) in [6.45, 7) is 1.38. The number of benzene rings is 2. The maximum Gasteiger partial charge on any atom is 0.248 e. The molecule has 4 N–H and O–H groups in total. The van der Waals surface area contributed by atoms with Gasteiger partial charge in [0.15, 0.2) is 0 Å². The quantitative estimate of drug-likeness (QED) is 0.343. The van der Waals surface area contributed by atoms with Crippen LogP contribution in [-0.4, -0.2) is 28.5 Å². The van der Waals surface area contributed by atoms with E-state index in [1.165, 1.54) is 5.56 Å². The molecular weight excluding hydrogens is 418 g/mol. The van der Waals surface area contributed by atoms with Crippen LogP contribution in [-0.2, 0) is 13.0 Å². The van der Waals surface area contributed by atoms with E-state index in [1.807, 2.05) is 35.8 Å². The number of aromatic nitrogens is 2. The van der Waals surface area contributed by atoms with Gasteiger partial charge in [-0.3, -0.25) is 9.78 Å². The lowest BCUT2D eigenvalue weighted by molar-refractivity contribution is 0.100. The molecule has 0 radical (unpaired) electrons. The number of carbonyl (C=O) groups excluding carboxylic acids is 1. The van der Waals surface area contributed by atoms with Crippen molar-refractivity contribution in [2.75, 3.05) is 11.9 Å². The van der Waals surface area contributed by atoms with E-state index in [4.69, 9.17) is 5.73 Å². The minimum absolute atomic E-state index is 0.167. The number of anilines is 1. The second-order valence-corrected chi connectivity index (χ2v) is 8.25. The Kier molecular flexibility index (Phi) is 7.22. The van der Waals surface area contributed by atoms with Gasteiger partial charge in [-0.1, -0.05) is 30.3 Å². The van der Waals surface area contributed by atoms with Crippen molar-refractivity contribution in [3.05, 3.63) is 101 Å². The minimum atomic E-state index is -0.452. The maximum absolute atomic E-state index is 11.9. The number of pyridine rings is 1. The molecule has 0 bridgehead atoms. The Bertz CT molecular complexity index is 1130. The van der Waals surface area contributed by atoms with Gasteiger partial charge in [0.2, 0.25) is 5.91 Å². The Morgan fingerprint density at radius 3 is 2.56 bits per heavy atom. The normalized spacial score (nSPS) is 11.8. The first-order chi connectivity index (χ1) is 15.7. The van der Waals surface area contributed by atoms with Crippen molar-refractivity contribution in [1.82, 2.24) is 15.3 Å². The number of hydrogen-bond acceptors (Lipinski definition) is 6. The lowest BCUT2D eigenvalue weighted by atomic mass is 10.0. The van der Waals surface area contributed by atoms with E-state index in [0.29, 0.717) is 18.7 Å². The van der Waals surface area contributed by atoms with Crippen LogP contribution in [0.3, 0.4) is 0 Å². The van der Waals surface area contributed by atoms with Crippen molar-refractivity contribution in [2.24, 2.45) is 5.73 Å². The SMILES string of the molecule is NC(=O)c1cc(NC[C@H](Cc2ccccc2)NCc2cscn2)cc(-c2ccncc2)c1. The molecule has 0 unspecified atom stereocenters. The smallest absolute Gasteiger partial charge is 0.248 e. The third-order valence-corrected chi connectivity index (χ3v) is 5.80. The van der Waals surface area contributed by atoms with E-state index in [2.05, 4.69) is 50.2 Å². The van der Waals surface area contributed by atoms with Crippen LogP contribution in [0.15, 0.2) is 83.9 Å². The lowest BCUT2D eigenvalue weighted by Crippen LogP contribution is -2.37. The van der Waals surface area contributed by atoms with Gasteiger partial charge in [0.25, 0.3) is 0 Å². The number of nitrogens with two attached hydrogens (primary N) is 1. The largest absolute Gasteiger partial charge is 0.383 e. The fraction of sp³-hybridized carbons (Fsp3) is 0.160. The Morgan fingerprint density at radius 1 is 1.03 bits per heavy atom. The molecule has 1 amide bonds. The number of amides is 1. The van der Waals surface area contributed by atoms with Crippen LogP contribution in [0.5, 0.6) is 0 Å². The number of nitrogens with one attached hydrogen (secondary N) is 2. The second kappa shape index (κ2) is 10.7. The fourth-order valence-electron chi connectivity index (χ4n) is 3.51. The topological polar surface area (TPSA) is 92.9 Å². The highest BCUT2D eigenvalue weighted by atomic mass is 32.1. The summed E-state index contributed by atoms with van der Waals surface area (Å²) in [5.41, 5.74) is 12.9. The summed E-state index contributed by atoms with van der Waals surface area (Å²) in [5, 5.41) is 9.16. The first-order valence-corrected chi connectivity index (χ1v) is 11.4. The van der Waals surface area contributed by atoms with Crippen LogP contribution in [0.25, 0.3) is 11.1 Å². The molecule has 2 aromatic carbocycles. The van der Waals surface area contributed by atoms with Crippen LogP contribution >= 0.6 is 11.3 Å². The van der Waals surface area contributed by atoms with Crippen molar-refractivity contribution in [3.63, 3.8) is 0 Å². The van der Waals surface area contributed by atoms with Crippen LogP contribution < -0.4 is 16.4 Å². The summed E-state index contributed by atoms with van der Waals surface area (Å²) in [6.07, 6.45) is 4.33. The summed E-state index contributed by atoms with van der Waals surface area (Å²) < 4.78 is 0. The van der Waals surface area contributed by atoms with Gasteiger partial charge in [-0.25, -0.2) is 4.98 Å². The van der Waals surface area contributed by atoms with E-state index in [1.54, 1.807) is 29.8 Å². The highest BCUT2D eigenvalue weighted by molar-refractivity contribution is 7.07. The second-order valence-electron chi connectivity index (χ2n) is 7.53. The summed E-state index contributed by atoms with van der Waals surface area (Å²) >= 11 is 1.59. The molecule has 0 aliphatic carbocycles. The molecule has 7 heteroatoms. The van der Waals surface area contributed by atoms with Crippen LogP contribution in [0.1, 0.15) is 21.6 Å². The van der Waals surface area contributed by atoms with Crippen LogP contribution in [0, 0.1) is 0 Å². The van der Waals surface area contributed by atoms with Crippen molar-refractivity contribution < 1.29 is 4.79 Å². The number of rotatable bonds is 10. The van der Waals surface area contributed by atoms with E-state index < -0.39 is 5.91 Å². The van der Waals surface area contributed by atoms with Gasteiger partial charge in [0.1, 0.15) is 0 Å². The third kappa shape index (κ3) is 6.00. The van der Waals surface area contributed by atoms with Crippen molar-refractivity contribution >= 4 is 22.9 Å². The first-order valence-electron chi connectivity index (χ1n) is 10.4. The van der Waals surface area contributed by atoms with Crippen LogP contribution in [0.2, 0.25) is 0 Å². The average Bonchev–Trinajstić information content (AvgIpc) is 3.35. The van der Waals surface area contributed by atoms with Crippen molar-refractivity contribution in [1.29, 1.82) is 0 Å². The monoisotopic (exact) mass is 443 g/mol. The molecule has 0 saturated heterocycles. The summed E-state index contributed by atoms with van der Waals surface area (Å²) in [6, 6.07) is 20.0. The lowest BCUT2D eigenvalue weighted by Gasteiger charge is -2.20. The zero-order valence-electron chi connectivity index (χ0n) is 17.6. The molecule has 2 heterocycles. The summed E-state index contributed by atoms with van der Waals surface area (Å²) in [4.78, 5) is 20.4. The van der Waals surface area contributed by atoms with Gasteiger partial charge in [-0.2, -0.15) is 0 Å². The maximum atomic E-state index is 11.9. The molecule has 0 aliphatic rings. The summed E-state index contributed by atoms with van der Waals surface area (Å²) in [7, 11) is 0. The molecule has 0 fully saturated rings. The standard InChI is InChI=1S/C25H25N5OS/c26-25(31)21-11-20(19-6-8-27-9-7-19)12-22(13-21)28-14-23(10-18-4-2-1-3-5-18)29-15-24-16-32-17-30-24/h1-9,11-13,16-17,23,28-29H,10,14-15H2,(H2,26,31)/t23-/m0/s1. The molecule has 0 saturated carbocycles. The van der Waals surface area contributed by atoms with Gasteiger partial charge in [-0.05, 0) is 53.4 Å². The summed E-state index contributed by atoms with van der Waals surface area (Å²) in [5.74, 6) is -0.452. The number of thiazole rings is 1. The Labute approximate surface area is 191 Å². The average molecular weight is 444 g/mol. The molecule has 4 aromatic rings. The predicted molar refractivity (Wildman–Crippen MR) is 130 cm³/mol. The van der Waals surface area contributed by atoms with Crippen LogP contribution in [0.4, 0.5) is 5.69 Å². The molecular formula is C25H25N5OS. The van der Waals surface area contributed by atoms with Gasteiger partial charge >= 0.3 is 0 Å². The third-order valence-electron chi connectivity index (χ3n) is 5.16. The van der Waals surface area contributed by atoms with Gasteiger partial charge in [0.05, 0.1) is 11.2 Å². The van der Waals surface area contributed by atoms with Gasteiger partial charge in [-0.15, -0.1) is 11.3 Å². The Hall–Kier alpha value is -3.55. The van der Waals surface area contributed by atoms with E-state index in [9.17, 15) is 4.79 Å². The number of hydrogen-bond donors (Lipinski definition) is 3. The highest BCUT2D eigenvalue weighted by Gasteiger charge is 2.12. The van der Waals surface area contributed by atoms with Crippen molar-refractivity contribution in [3.8, 4) is 11.1 Å². The zero-order valence-corrected chi connectivity index (χ0v) is 18.4. The Morgan fingerprint density at radius 2 is 1.84 bits per heavy atom. The van der Waals surface area contributed by atoms with Gasteiger partial charge < -0.3 is 16.4 Å². The minimum Gasteiger partial charge on any atom is -0.383 e. The molecule has 2 aromatic heterocycles. The van der Waals surface area contributed by atoms with Crippen molar-refractivity contribution in [2.45, 2.75) is 19.0 Å². The van der Waals surface area contributed by atoms with E-state index >= 15 is 0 Å². The predicted octanol–water partition coefficient (Wildman–Crippen LogP) is 4.12.